The Labute approximate surface area is 162 Å². The lowest BCUT2D eigenvalue weighted by Gasteiger charge is -2.16. The first-order chi connectivity index (χ1) is 12.9. The molecule has 144 valence electrons. The predicted molar refractivity (Wildman–Crippen MR) is 112 cm³/mol. The fourth-order valence-electron chi connectivity index (χ4n) is 3.65. The highest BCUT2D eigenvalue weighted by molar-refractivity contribution is 5.84. The van der Waals surface area contributed by atoms with Crippen LogP contribution in [0.4, 0.5) is 0 Å². The number of hydrogen-bond acceptors (Lipinski definition) is 3. The summed E-state index contributed by atoms with van der Waals surface area (Å²) in [5.41, 5.74) is 8.90. The molecule has 1 atom stereocenters. The molecule has 27 heavy (non-hydrogen) atoms. The molecule has 0 saturated heterocycles. The van der Waals surface area contributed by atoms with Gasteiger partial charge in [-0.3, -0.25) is 4.98 Å². The number of hydrogen-bond donors (Lipinski definition) is 1. The van der Waals surface area contributed by atoms with Crippen LogP contribution >= 0.6 is 0 Å². The number of aromatic nitrogens is 3. The molecule has 4 heteroatoms. The van der Waals surface area contributed by atoms with Crippen molar-refractivity contribution in [2.24, 2.45) is 0 Å². The maximum Gasteiger partial charge on any atom is 0.0917 e. The van der Waals surface area contributed by atoms with Gasteiger partial charge in [0.1, 0.15) is 0 Å². The van der Waals surface area contributed by atoms with Gasteiger partial charge in [-0.2, -0.15) is 0 Å². The highest BCUT2D eigenvalue weighted by atomic mass is 16.3. The Bertz CT molecular complexity index is 956. The first-order valence-corrected chi connectivity index (χ1v) is 10.0. The first-order valence-electron chi connectivity index (χ1n) is 10.0. The van der Waals surface area contributed by atoms with Crippen molar-refractivity contribution in [3.63, 3.8) is 0 Å². The van der Waals surface area contributed by atoms with E-state index in [0.29, 0.717) is 5.92 Å². The Kier molecular flexibility index (Phi) is 5.66. The van der Waals surface area contributed by atoms with Gasteiger partial charge in [-0.1, -0.05) is 27.7 Å². The van der Waals surface area contributed by atoms with E-state index in [-0.39, 0.29) is 12.6 Å². The summed E-state index contributed by atoms with van der Waals surface area (Å²) in [4.78, 5) is 10.0. The Morgan fingerprint density at radius 2 is 1.81 bits per heavy atom. The van der Waals surface area contributed by atoms with E-state index in [2.05, 4.69) is 63.6 Å². The van der Waals surface area contributed by atoms with Gasteiger partial charge in [0, 0.05) is 23.1 Å². The molecule has 3 aromatic heterocycles. The van der Waals surface area contributed by atoms with E-state index in [9.17, 15) is 5.11 Å². The molecule has 0 aliphatic rings. The summed E-state index contributed by atoms with van der Waals surface area (Å²) in [5, 5.41) is 9.61. The lowest BCUT2D eigenvalue weighted by Crippen LogP contribution is -2.08. The van der Waals surface area contributed by atoms with Gasteiger partial charge in [0.2, 0.25) is 0 Å². The molecular weight excluding hydrogens is 334 g/mol. The zero-order valence-electron chi connectivity index (χ0n) is 17.4. The summed E-state index contributed by atoms with van der Waals surface area (Å²) < 4.78 is 2.14. The van der Waals surface area contributed by atoms with Crippen LogP contribution in [0.3, 0.4) is 0 Å². The summed E-state index contributed by atoms with van der Waals surface area (Å²) in [5.74, 6) is 0.418. The van der Waals surface area contributed by atoms with E-state index >= 15 is 0 Å². The van der Waals surface area contributed by atoms with Gasteiger partial charge in [0.05, 0.1) is 29.4 Å². The van der Waals surface area contributed by atoms with Crippen LogP contribution in [0.15, 0.2) is 24.4 Å². The fraction of sp³-hybridized carbons (Fsp3) is 0.478. The molecule has 3 heterocycles. The fourth-order valence-corrected chi connectivity index (χ4v) is 3.65. The minimum absolute atomic E-state index is 0.0387. The van der Waals surface area contributed by atoms with E-state index in [1.807, 2.05) is 6.92 Å². The molecule has 1 unspecified atom stereocenters. The van der Waals surface area contributed by atoms with Crippen LogP contribution in [-0.4, -0.2) is 26.2 Å². The lowest BCUT2D eigenvalue weighted by molar-refractivity contribution is 0.241. The van der Waals surface area contributed by atoms with Crippen molar-refractivity contribution in [3.8, 4) is 11.3 Å². The number of aliphatic hydroxyl groups is 1. The Morgan fingerprint density at radius 3 is 2.41 bits per heavy atom. The number of aliphatic hydroxyl groups excluding tert-OH is 1. The largest absolute Gasteiger partial charge is 0.394 e. The molecule has 0 bridgehead atoms. The smallest absolute Gasteiger partial charge is 0.0917 e. The van der Waals surface area contributed by atoms with Crippen LogP contribution in [0.1, 0.15) is 69.1 Å². The normalized spacial score (nSPS) is 12.9. The highest BCUT2D eigenvalue weighted by Crippen LogP contribution is 2.32. The zero-order valence-corrected chi connectivity index (χ0v) is 17.4. The van der Waals surface area contributed by atoms with Gasteiger partial charge in [-0.15, -0.1) is 0 Å². The number of aryl methyl sites for hydroxylation is 3. The molecule has 1 N–H and O–H groups in total. The summed E-state index contributed by atoms with van der Waals surface area (Å²) in [7, 11) is 0. The van der Waals surface area contributed by atoms with Crippen molar-refractivity contribution >= 4 is 11.0 Å². The zero-order chi connectivity index (χ0) is 19.7. The van der Waals surface area contributed by atoms with Crippen LogP contribution in [0, 0.1) is 6.92 Å². The van der Waals surface area contributed by atoms with Gasteiger partial charge >= 0.3 is 0 Å². The number of rotatable bonds is 6. The maximum absolute atomic E-state index is 9.61. The SMILES string of the molecule is CCc1cc2c(nc1-c1ccc(C(C)C)nc1CC)c(C)cn2C(C)CO. The molecule has 0 amide bonds. The van der Waals surface area contributed by atoms with Gasteiger partial charge in [-0.05, 0) is 61.9 Å². The van der Waals surface area contributed by atoms with Crippen molar-refractivity contribution < 1.29 is 5.11 Å². The quantitative estimate of drug-likeness (QED) is 0.652. The molecule has 0 fully saturated rings. The Morgan fingerprint density at radius 1 is 1.07 bits per heavy atom. The number of pyridine rings is 2. The minimum atomic E-state index is 0.0387. The van der Waals surface area contributed by atoms with Gasteiger partial charge < -0.3 is 9.67 Å². The third kappa shape index (κ3) is 3.51. The third-order valence-corrected chi connectivity index (χ3v) is 5.36. The minimum Gasteiger partial charge on any atom is -0.394 e. The van der Waals surface area contributed by atoms with Gasteiger partial charge in [-0.25, -0.2) is 4.98 Å². The van der Waals surface area contributed by atoms with E-state index < -0.39 is 0 Å². The number of nitrogens with zero attached hydrogens (tertiary/aromatic N) is 3. The number of fused-ring (bicyclic) bond motifs is 1. The average Bonchev–Trinajstić information content (AvgIpc) is 3.01. The van der Waals surface area contributed by atoms with Gasteiger partial charge in [0.15, 0.2) is 0 Å². The summed E-state index contributed by atoms with van der Waals surface area (Å²) in [6.07, 6.45) is 3.90. The van der Waals surface area contributed by atoms with Crippen LogP contribution in [0.5, 0.6) is 0 Å². The predicted octanol–water partition coefficient (Wildman–Crippen LogP) is 5.21. The van der Waals surface area contributed by atoms with Crippen LogP contribution < -0.4 is 0 Å². The van der Waals surface area contributed by atoms with Crippen molar-refractivity contribution in [1.29, 1.82) is 0 Å². The second kappa shape index (κ2) is 7.81. The average molecular weight is 366 g/mol. The van der Waals surface area contributed by atoms with E-state index in [1.54, 1.807) is 0 Å². The van der Waals surface area contributed by atoms with Crippen LogP contribution in [-0.2, 0) is 12.8 Å². The summed E-state index contributed by atoms with van der Waals surface area (Å²) in [6, 6.07) is 6.61. The lowest BCUT2D eigenvalue weighted by atomic mass is 9.98. The second-order valence-electron chi connectivity index (χ2n) is 7.71. The monoisotopic (exact) mass is 365 g/mol. The van der Waals surface area contributed by atoms with Gasteiger partial charge in [0.25, 0.3) is 0 Å². The Hall–Kier alpha value is -2.20. The van der Waals surface area contributed by atoms with Crippen LogP contribution in [0.2, 0.25) is 0 Å². The molecule has 0 saturated carbocycles. The van der Waals surface area contributed by atoms with Crippen molar-refractivity contribution in [2.45, 2.75) is 66.3 Å². The first kappa shape index (κ1) is 19.6. The van der Waals surface area contributed by atoms with Crippen molar-refractivity contribution in [2.75, 3.05) is 6.61 Å². The van der Waals surface area contributed by atoms with Crippen molar-refractivity contribution in [3.05, 3.63) is 46.9 Å². The Balaban J connectivity index is 2.25. The van der Waals surface area contributed by atoms with Crippen LogP contribution in [0.25, 0.3) is 22.3 Å². The molecule has 3 rings (SSSR count). The molecule has 0 aliphatic heterocycles. The standard InChI is InChI=1S/C23H31N3O/c1-7-17-11-21-22(15(5)12-26(21)16(6)13-27)25-23(17)18-9-10-20(14(3)4)24-19(18)8-2/h9-12,14,16,27H,7-8,13H2,1-6H3. The van der Waals surface area contributed by atoms with E-state index in [0.717, 1.165) is 52.1 Å². The van der Waals surface area contributed by atoms with E-state index in [1.165, 1.54) is 5.56 Å². The highest BCUT2D eigenvalue weighted by Gasteiger charge is 2.18. The molecule has 4 nitrogen and oxygen atoms in total. The summed E-state index contributed by atoms with van der Waals surface area (Å²) in [6.45, 7) is 12.9. The maximum atomic E-state index is 9.61. The van der Waals surface area contributed by atoms with Crippen molar-refractivity contribution in [1.82, 2.24) is 14.5 Å². The molecule has 0 aliphatic carbocycles. The molecule has 0 radical (unpaired) electrons. The molecule has 0 aromatic carbocycles. The molecule has 0 spiro atoms. The topological polar surface area (TPSA) is 50.9 Å². The second-order valence-corrected chi connectivity index (χ2v) is 7.71. The van der Waals surface area contributed by atoms with E-state index in [4.69, 9.17) is 9.97 Å². The summed E-state index contributed by atoms with van der Waals surface area (Å²) >= 11 is 0. The molecule has 3 aromatic rings. The third-order valence-electron chi connectivity index (χ3n) is 5.36. The molecular formula is C23H31N3O.